The number of aliphatic hydroxyl groups is 1. The number of fused-ring (bicyclic) bond motifs is 1. The van der Waals surface area contributed by atoms with Crippen LogP contribution in [0.4, 0.5) is 0 Å². The highest BCUT2D eigenvalue weighted by Crippen LogP contribution is 2.19. The van der Waals surface area contributed by atoms with Gasteiger partial charge in [0.1, 0.15) is 5.69 Å². The van der Waals surface area contributed by atoms with Crippen LogP contribution in [0.5, 0.6) is 0 Å². The SMILES string of the molecule is O=C(NCCO)c1cc2cc(Cl)ccc2[nH]1. The van der Waals surface area contributed by atoms with Gasteiger partial charge in [0.15, 0.2) is 0 Å². The van der Waals surface area contributed by atoms with Crippen LogP contribution < -0.4 is 5.32 Å². The molecule has 0 unspecified atom stereocenters. The second-order valence-corrected chi connectivity index (χ2v) is 3.83. The van der Waals surface area contributed by atoms with Crippen LogP contribution >= 0.6 is 11.6 Å². The van der Waals surface area contributed by atoms with E-state index in [1.165, 1.54) is 0 Å². The summed E-state index contributed by atoms with van der Waals surface area (Å²) in [5, 5.41) is 12.7. The lowest BCUT2D eigenvalue weighted by Gasteiger charge is -1.99. The molecule has 0 aliphatic rings. The molecule has 0 bridgehead atoms. The summed E-state index contributed by atoms with van der Waals surface area (Å²) in [5.74, 6) is -0.235. The molecule has 0 saturated carbocycles. The van der Waals surface area contributed by atoms with Gasteiger partial charge in [0.25, 0.3) is 5.91 Å². The Morgan fingerprint density at radius 1 is 1.44 bits per heavy atom. The van der Waals surface area contributed by atoms with Gasteiger partial charge in [-0.15, -0.1) is 0 Å². The number of nitrogens with one attached hydrogen (secondary N) is 2. The van der Waals surface area contributed by atoms with Crippen molar-refractivity contribution in [3.05, 3.63) is 35.0 Å². The van der Waals surface area contributed by atoms with Crippen molar-refractivity contribution < 1.29 is 9.90 Å². The van der Waals surface area contributed by atoms with Gasteiger partial charge in [0.05, 0.1) is 6.61 Å². The number of aromatic nitrogens is 1. The molecule has 0 atom stereocenters. The number of halogens is 1. The fourth-order valence-electron chi connectivity index (χ4n) is 1.49. The van der Waals surface area contributed by atoms with E-state index in [1.807, 2.05) is 6.07 Å². The first-order valence-electron chi connectivity index (χ1n) is 4.88. The summed E-state index contributed by atoms with van der Waals surface area (Å²) in [6.45, 7) is 0.173. The molecule has 0 fully saturated rings. The third-order valence-corrected chi connectivity index (χ3v) is 2.46. The number of rotatable bonds is 3. The Morgan fingerprint density at radius 2 is 2.25 bits per heavy atom. The van der Waals surface area contributed by atoms with Crippen molar-refractivity contribution in [2.24, 2.45) is 0 Å². The molecule has 0 aliphatic heterocycles. The first kappa shape index (κ1) is 11.0. The molecular weight excluding hydrogens is 228 g/mol. The Kier molecular flexibility index (Phi) is 3.12. The van der Waals surface area contributed by atoms with Crippen LogP contribution in [-0.4, -0.2) is 29.1 Å². The average molecular weight is 239 g/mol. The van der Waals surface area contributed by atoms with E-state index in [-0.39, 0.29) is 19.1 Å². The number of hydrogen-bond acceptors (Lipinski definition) is 2. The van der Waals surface area contributed by atoms with E-state index in [1.54, 1.807) is 18.2 Å². The summed E-state index contributed by atoms with van der Waals surface area (Å²) in [5.41, 5.74) is 1.32. The number of aromatic amines is 1. The molecule has 1 aromatic carbocycles. The molecule has 0 radical (unpaired) electrons. The van der Waals surface area contributed by atoms with Gasteiger partial charge in [-0.05, 0) is 24.3 Å². The van der Waals surface area contributed by atoms with Gasteiger partial charge in [-0.3, -0.25) is 4.79 Å². The lowest BCUT2D eigenvalue weighted by molar-refractivity contribution is 0.0940. The molecule has 0 spiro atoms. The van der Waals surface area contributed by atoms with Gasteiger partial charge in [0, 0.05) is 22.5 Å². The Balaban J connectivity index is 2.28. The number of carbonyl (C=O) groups excluding carboxylic acids is 1. The molecule has 3 N–H and O–H groups in total. The Bertz CT molecular complexity index is 522. The summed E-state index contributed by atoms with van der Waals surface area (Å²) >= 11 is 5.84. The van der Waals surface area contributed by atoms with E-state index >= 15 is 0 Å². The molecule has 5 heteroatoms. The second kappa shape index (κ2) is 4.55. The highest BCUT2D eigenvalue weighted by Gasteiger charge is 2.08. The Labute approximate surface area is 97.2 Å². The fourth-order valence-corrected chi connectivity index (χ4v) is 1.67. The zero-order valence-electron chi connectivity index (χ0n) is 8.46. The molecule has 84 valence electrons. The van der Waals surface area contributed by atoms with Gasteiger partial charge in [-0.1, -0.05) is 11.6 Å². The number of H-pyrrole nitrogens is 1. The maximum absolute atomic E-state index is 11.6. The third kappa shape index (κ3) is 2.18. The van der Waals surface area contributed by atoms with Crippen LogP contribution in [0.2, 0.25) is 5.02 Å². The van der Waals surface area contributed by atoms with E-state index in [2.05, 4.69) is 10.3 Å². The molecule has 1 aromatic heterocycles. The van der Waals surface area contributed by atoms with Gasteiger partial charge in [0.2, 0.25) is 0 Å². The second-order valence-electron chi connectivity index (χ2n) is 3.39. The zero-order chi connectivity index (χ0) is 11.5. The number of hydrogen-bond donors (Lipinski definition) is 3. The fraction of sp³-hybridized carbons (Fsp3) is 0.182. The highest BCUT2D eigenvalue weighted by molar-refractivity contribution is 6.31. The highest BCUT2D eigenvalue weighted by atomic mass is 35.5. The molecule has 2 aromatic rings. The lowest BCUT2D eigenvalue weighted by Crippen LogP contribution is -2.26. The monoisotopic (exact) mass is 238 g/mol. The quantitative estimate of drug-likeness (QED) is 0.760. The Hall–Kier alpha value is -1.52. The molecule has 2 rings (SSSR count). The molecule has 1 heterocycles. The molecule has 1 amide bonds. The number of benzene rings is 1. The maximum Gasteiger partial charge on any atom is 0.267 e. The van der Waals surface area contributed by atoms with Crippen molar-refractivity contribution in [1.82, 2.24) is 10.3 Å². The predicted molar refractivity (Wildman–Crippen MR) is 62.7 cm³/mol. The summed E-state index contributed by atoms with van der Waals surface area (Å²) in [6, 6.07) is 7.10. The predicted octanol–water partition coefficient (Wildman–Crippen LogP) is 1.54. The topological polar surface area (TPSA) is 65.1 Å². The van der Waals surface area contributed by atoms with Crippen molar-refractivity contribution in [3.63, 3.8) is 0 Å². The minimum atomic E-state index is -0.235. The first-order chi connectivity index (χ1) is 7.70. The zero-order valence-corrected chi connectivity index (χ0v) is 9.21. The van der Waals surface area contributed by atoms with Crippen molar-refractivity contribution in [3.8, 4) is 0 Å². The minimum Gasteiger partial charge on any atom is -0.395 e. The summed E-state index contributed by atoms with van der Waals surface area (Å²) in [6.07, 6.45) is 0. The number of aliphatic hydroxyl groups excluding tert-OH is 1. The summed E-state index contributed by atoms with van der Waals surface area (Å²) < 4.78 is 0. The molecular formula is C11H11ClN2O2. The van der Waals surface area contributed by atoms with Gasteiger partial charge < -0.3 is 15.4 Å². The lowest BCUT2D eigenvalue weighted by atomic mass is 10.2. The smallest absolute Gasteiger partial charge is 0.267 e. The molecule has 0 saturated heterocycles. The van der Waals surface area contributed by atoms with Crippen molar-refractivity contribution in [2.45, 2.75) is 0 Å². The van der Waals surface area contributed by atoms with E-state index in [0.717, 1.165) is 10.9 Å². The van der Waals surface area contributed by atoms with Gasteiger partial charge >= 0.3 is 0 Å². The van der Waals surface area contributed by atoms with Crippen molar-refractivity contribution >= 4 is 28.4 Å². The van der Waals surface area contributed by atoms with Crippen LogP contribution in [0.25, 0.3) is 10.9 Å². The average Bonchev–Trinajstić information content (AvgIpc) is 2.68. The number of amides is 1. The normalized spacial score (nSPS) is 10.6. The van der Waals surface area contributed by atoms with Gasteiger partial charge in [-0.25, -0.2) is 0 Å². The number of carbonyl (C=O) groups is 1. The largest absolute Gasteiger partial charge is 0.395 e. The van der Waals surface area contributed by atoms with E-state index < -0.39 is 0 Å². The van der Waals surface area contributed by atoms with Crippen molar-refractivity contribution in [1.29, 1.82) is 0 Å². The summed E-state index contributed by atoms with van der Waals surface area (Å²) in [4.78, 5) is 14.6. The standard InChI is InChI=1S/C11H11ClN2O2/c12-8-1-2-9-7(5-8)6-10(14-9)11(16)13-3-4-15/h1-2,5-6,14-15H,3-4H2,(H,13,16). The minimum absolute atomic E-state index is 0.0716. The third-order valence-electron chi connectivity index (χ3n) is 2.22. The van der Waals surface area contributed by atoms with Gasteiger partial charge in [-0.2, -0.15) is 0 Å². The van der Waals surface area contributed by atoms with Crippen LogP contribution in [0.3, 0.4) is 0 Å². The van der Waals surface area contributed by atoms with Crippen LogP contribution in [0.1, 0.15) is 10.5 Å². The van der Waals surface area contributed by atoms with E-state index in [4.69, 9.17) is 16.7 Å². The maximum atomic E-state index is 11.6. The molecule has 0 aliphatic carbocycles. The van der Waals surface area contributed by atoms with Crippen LogP contribution in [-0.2, 0) is 0 Å². The van der Waals surface area contributed by atoms with Crippen molar-refractivity contribution in [2.75, 3.05) is 13.2 Å². The summed E-state index contributed by atoms with van der Waals surface area (Å²) in [7, 11) is 0. The van der Waals surface area contributed by atoms with E-state index in [9.17, 15) is 4.79 Å². The molecule has 4 nitrogen and oxygen atoms in total. The van der Waals surface area contributed by atoms with Crippen LogP contribution in [0.15, 0.2) is 24.3 Å². The Morgan fingerprint density at radius 3 is 3.00 bits per heavy atom. The van der Waals surface area contributed by atoms with Crippen LogP contribution in [0, 0.1) is 0 Å². The van der Waals surface area contributed by atoms with E-state index in [0.29, 0.717) is 10.7 Å². The first-order valence-corrected chi connectivity index (χ1v) is 5.26. The molecule has 16 heavy (non-hydrogen) atoms.